The first-order chi connectivity index (χ1) is 17.7. The van der Waals surface area contributed by atoms with Gasteiger partial charge >= 0.3 is 18.0 Å². The van der Waals surface area contributed by atoms with Crippen molar-refractivity contribution in [3.8, 4) is 0 Å². The molecule has 0 N–H and O–H groups in total. The molecule has 3 aromatic carbocycles. The molecule has 0 unspecified atom stereocenters. The van der Waals surface area contributed by atoms with Crippen LogP contribution in [0.3, 0.4) is 0 Å². The van der Waals surface area contributed by atoms with Gasteiger partial charge in [0, 0.05) is 6.42 Å². The predicted octanol–water partition coefficient (Wildman–Crippen LogP) is 5.45. The van der Waals surface area contributed by atoms with Gasteiger partial charge in [0.2, 0.25) is 0 Å². The standard InChI is InChI=1S/C30H31NO6/c1-30(2,3)37-29(34)31-18-25-16-24(27(32)35-19-21-10-6-4-7-11-21)15-14-23(25)17-26(31)28(33)36-20-22-12-8-5-9-13-22/h4-16,26H,17-20H2,1-3H3/t26-/m1/s1. The van der Waals surface area contributed by atoms with Gasteiger partial charge in [-0.25, -0.2) is 14.4 Å². The molecule has 0 radical (unpaired) electrons. The third-order valence-corrected chi connectivity index (χ3v) is 5.91. The smallest absolute Gasteiger partial charge is 0.411 e. The number of carbonyl (C=O) groups is 3. The van der Waals surface area contributed by atoms with E-state index in [-0.39, 0.29) is 26.2 Å². The van der Waals surface area contributed by atoms with E-state index in [0.717, 1.165) is 22.3 Å². The van der Waals surface area contributed by atoms with Gasteiger partial charge in [0.1, 0.15) is 24.9 Å². The van der Waals surface area contributed by atoms with Crippen molar-refractivity contribution in [2.24, 2.45) is 0 Å². The van der Waals surface area contributed by atoms with Crippen molar-refractivity contribution in [1.82, 2.24) is 4.90 Å². The fourth-order valence-corrected chi connectivity index (χ4v) is 4.07. The van der Waals surface area contributed by atoms with Crippen LogP contribution in [0.1, 0.15) is 53.4 Å². The molecule has 0 bridgehead atoms. The summed E-state index contributed by atoms with van der Waals surface area (Å²) in [5.74, 6) is -0.966. The van der Waals surface area contributed by atoms with Gasteiger partial charge in [-0.05, 0) is 55.2 Å². The quantitative estimate of drug-likeness (QED) is 0.330. The summed E-state index contributed by atoms with van der Waals surface area (Å²) in [6, 6.07) is 23.2. The largest absolute Gasteiger partial charge is 0.459 e. The van der Waals surface area contributed by atoms with E-state index in [0.29, 0.717) is 5.56 Å². The van der Waals surface area contributed by atoms with Crippen molar-refractivity contribution in [3.63, 3.8) is 0 Å². The number of hydrogen-bond acceptors (Lipinski definition) is 6. The Labute approximate surface area is 217 Å². The molecule has 3 aromatic rings. The molecule has 4 rings (SSSR count). The Morgan fingerprint density at radius 2 is 1.41 bits per heavy atom. The highest BCUT2D eigenvalue weighted by atomic mass is 16.6. The van der Waals surface area contributed by atoms with Crippen molar-refractivity contribution in [2.75, 3.05) is 0 Å². The van der Waals surface area contributed by atoms with Crippen LogP contribution in [0.5, 0.6) is 0 Å². The molecule has 1 heterocycles. The normalized spacial score (nSPS) is 14.9. The Bertz CT molecular complexity index is 1250. The molecule has 0 aliphatic carbocycles. The van der Waals surface area contributed by atoms with Gasteiger partial charge in [0.25, 0.3) is 0 Å². The molecule has 0 aromatic heterocycles. The lowest BCUT2D eigenvalue weighted by Gasteiger charge is -2.36. The van der Waals surface area contributed by atoms with E-state index in [9.17, 15) is 14.4 Å². The maximum Gasteiger partial charge on any atom is 0.411 e. The summed E-state index contributed by atoms with van der Waals surface area (Å²) in [4.78, 5) is 40.3. The van der Waals surface area contributed by atoms with Crippen LogP contribution in [-0.2, 0) is 45.2 Å². The molecule has 0 saturated heterocycles. The molecule has 192 valence electrons. The summed E-state index contributed by atoms with van der Waals surface area (Å²) in [6.45, 7) is 5.69. The molecule has 1 amide bonds. The van der Waals surface area contributed by atoms with Gasteiger partial charge in [-0.1, -0.05) is 66.7 Å². The maximum absolute atomic E-state index is 13.1. The Balaban J connectivity index is 1.51. The Morgan fingerprint density at radius 3 is 2.00 bits per heavy atom. The molecular weight excluding hydrogens is 470 g/mol. The summed E-state index contributed by atoms with van der Waals surface area (Å²) in [6.07, 6.45) is -0.362. The van der Waals surface area contributed by atoms with Crippen LogP contribution in [-0.4, -0.2) is 34.6 Å². The van der Waals surface area contributed by atoms with Crippen LogP contribution in [0.25, 0.3) is 0 Å². The van der Waals surface area contributed by atoms with Crippen LogP contribution in [0.4, 0.5) is 4.79 Å². The van der Waals surface area contributed by atoms with Crippen LogP contribution in [0, 0.1) is 0 Å². The summed E-state index contributed by atoms with van der Waals surface area (Å²) in [7, 11) is 0. The molecule has 0 saturated carbocycles. The number of ether oxygens (including phenoxy) is 3. The zero-order valence-electron chi connectivity index (χ0n) is 21.3. The molecule has 7 nitrogen and oxygen atoms in total. The average Bonchev–Trinajstić information content (AvgIpc) is 2.89. The SMILES string of the molecule is CC(C)(C)OC(=O)N1Cc2cc(C(=O)OCc3ccccc3)ccc2C[C@@H]1C(=O)OCc1ccccc1. The van der Waals surface area contributed by atoms with Crippen LogP contribution in [0.15, 0.2) is 78.9 Å². The van der Waals surface area contributed by atoms with Gasteiger partial charge in [-0.3, -0.25) is 4.90 Å². The third-order valence-electron chi connectivity index (χ3n) is 5.91. The summed E-state index contributed by atoms with van der Waals surface area (Å²) in [5, 5.41) is 0. The molecule has 1 aliphatic rings. The Kier molecular flexibility index (Phi) is 7.92. The second kappa shape index (κ2) is 11.3. The summed E-state index contributed by atoms with van der Waals surface area (Å²) >= 11 is 0. The number of nitrogens with zero attached hydrogens (tertiary/aromatic N) is 1. The lowest BCUT2D eigenvalue weighted by atomic mass is 9.92. The van der Waals surface area contributed by atoms with E-state index in [2.05, 4.69) is 0 Å². The second-order valence-electron chi connectivity index (χ2n) is 9.97. The summed E-state index contributed by atoms with van der Waals surface area (Å²) in [5.41, 5.74) is 3.01. The highest BCUT2D eigenvalue weighted by molar-refractivity contribution is 5.90. The summed E-state index contributed by atoms with van der Waals surface area (Å²) < 4.78 is 16.6. The average molecular weight is 502 g/mol. The van der Waals surface area contributed by atoms with E-state index in [1.54, 1.807) is 39.0 Å². The fourth-order valence-electron chi connectivity index (χ4n) is 4.07. The molecular formula is C30H31NO6. The van der Waals surface area contributed by atoms with Crippen molar-refractivity contribution in [2.45, 2.75) is 58.6 Å². The minimum Gasteiger partial charge on any atom is -0.459 e. The zero-order valence-corrected chi connectivity index (χ0v) is 21.3. The Hall–Kier alpha value is -4.13. The number of carbonyl (C=O) groups excluding carboxylic acids is 3. The first kappa shape index (κ1) is 25.9. The van der Waals surface area contributed by atoms with Crippen LogP contribution in [0.2, 0.25) is 0 Å². The second-order valence-corrected chi connectivity index (χ2v) is 9.97. The van der Waals surface area contributed by atoms with Crippen LogP contribution >= 0.6 is 0 Å². The number of esters is 2. The van der Waals surface area contributed by atoms with E-state index in [4.69, 9.17) is 14.2 Å². The number of benzene rings is 3. The fraction of sp³-hybridized carbons (Fsp3) is 0.300. The van der Waals surface area contributed by atoms with Crippen molar-refractivity contribution >= 4 is 18.0 Å². The predicted molar refractivity (Wildman–Crippen MR) is 138 cm³/mol. The molecule has 7 heteroatoms. The third kappa shape index (κ3) is 6.97. The minimum atomic E-state index is -0.845. The van der Waals surface area contributed by atoms with E-state index >= 15 is 0 Å². The number of hydrogen-bond donors (Lipinski definition) is 0. The number of amides is 1. The maximum atomic E-state index is 13.1. The highest BCUT2D eigenvalue weighted by Crippen LogP contribution is 2.28. The lowest BCUT2D eigenvalue weighted by Crippen LogP contribution is -2.50. The van der Waals surface area contributed by atoms with E-state index < -0.39 is 29.7 Å². The molecule has 0 fully saturated rings. The zero-order chi connectivity index (χ0) is 26.4. The molecule has 1 aliphatic heterocycles. The van der Waals surface area contributed by atoms with E-state index in [1.165, 1.54) is 4.90 Å². The van der Waals surface area contributed by atoms with Gasteiger partial charge in [-0.2, -0.15) is 0 Å². The van der Waals surface area contributed by atoms with E-state index in [1.807, 2.05) is 60.7 Å². The molecule has 1 atom stereocenters. The monoisotopic (exact) mass is 501 g/mol. The van der Waals surface area contributed by atoms with Gasteiger partial charge in [-0.15, -0.1) is 0 Å². The topological polar surface area (TPSA) is 82.1 Å². The van der Waals surface area contributed by atoms with Crippen molar-refractivity contribution in [3.05, 3.63) is 107 Å². The van der Waals surface area contributed by atoms with Gasteiger partial charge < -0.3 is 14.2 Å². The molecule has 37 heavy (non-hydrogen) atoms. The van der Waals surface area contributed by atoms with Gasteiger partial charge in [0.15, 0.2) is 0 Å². The van der Waals surface area contributed by atoms with Crippen molar-refractivity contribution < 1.29 is 28.6 Å². The Morgan fingerprint density at radius 1 is 0.811 bits per heavy atom. The number of rotatable bonds is 6. The first-order valence-corrected chi connectivity index (χ1v) is 12.2. The van der Waals surface area contributed by atoms with Crippen molar-refractivity contribution in [1.29, 1.82) is 0 Å². The number of fused-ring (bicyclic) bond motifs is 1. The van der Waals surface area contributed by atoms with Gasteiger partial charge in [0.05, 0.1) is 12.1 Å². The highest BCUT2D eigenvalue weighted by Gasteiger charge is 2.38. The molecule has 0 spiro atoms. The first-order valence-electron chi connectivity index (χ1n) is 12.2. The van der Waals surface area contributed by atoms with Crippen LogP contribution < -0.4 is 0 Å². The minimum absolute atomic E-state index is 0.106. The lowest BCUT2D eigenvalue weighted by molar-refractivity contribution is -0.151.